The minimum absolute atomic E-state index is 0.00345. The van der Waals surface area contributed by atoms with Crippen molar-refractivity contribution in [1.82, 2.24) is 0 Å². The number of likely N-dealkylation sites (tertiary alicyclic amines) is 1. The Hall–Kier alpha value is -1.75. The number of ketones is 1. The highest BCUT2D eigenvalue weighted by atomic mass is 35.5. The summed E-state index contributed by atoms with van der Waals surface area (Å²) in [5, 5.41) is 11.6. The number of hydrogen-bond donors (Lipinski definition) is 1. The van der Waals surface area contributed by atoms with Gasteiger partial charge in [0, 0.05) is 36.3 Å². The molecular formula is C22H24ClFNO2+. The third kappa shape index (κ3) is 4.95. The maximum Gasteiger partial charge on any atom is 0.206 e. The highest BCUT2D eigenvalue weighted by Crippen LogP contribution is 2.36. The van der Waals surface area contributed by atoms with E-state index in [1.165, 1.54) is 24.3 Å². The molecule has 0 bridgehead atoms. The molecule has 0 amide bonds. The highest BCUT2D eigenvalue weighted by Gasteiger charge is 2.40. The van der Waals surface area contributed by atoms with Gasteiger partial charge in [-0.05, 0) is 42.0 Å². The second kappa shape index (κ2) is 8.09. The number of rotatable bonds is 6. The molecule has 5 heteroatoms. The maximum atomic E-state index is 12.9. The van der Waals surface area contributed by atoms with Crippen molar-refractivity contribution in [2.24, 2.45) is 0 Å². The zero-order valence-corrected chi connectivity index (χ0v) is 16.0. The van der Waals surface area contributed by atoms with Crippen molar-refractivity contribution in [3.8, 4) is 0 Å². The molecule has 142 valence electrons. The molecule has 0 aromatic heterocycles. The summed E-state index contributed by atoms with van der Waals surface area (Å²) >= 11 is 5.93. The number of hydrogen-bond acceptors (Lipinski definition) is 2. The Kier molecular flexibility index (Phi) is 5.99. The molecule has 0 spiro atoms. The van der Waals surface area contributed by atoms with E-state index >= 15 is 0 Å². The van der Waals surface area contributed by atoms with Crippen molar-refractivity contribution in [3.05, 3.63) is 77.5 Å². The Morgan fingerprint density at radius 1 is 1.11 bits per heavy atom. The standard InChI is InChI=1S/C22H24ClFNO2/c1-25(14-2-3-21(26)17-4-10-20(24)11-5-17)15-12-22(27,13-16-25)18-6-8-19(23)9-7-18/h1,4-11,27H,2-3,12-16H2/q+1. The van der Waals surface area contributed by atoms with E-state index in [0.29, 0.717) is 60.4 Å². The zero-order chi connectivity index (χ0) is 19.5. The SMILES string of the molecule is [CH][N+]1(CCCC(=O)c2ccc(F)cc2)CCC(O)(c2ccc(Cl)cc2)CC1. The molecule has 1 heterocycles. The van der Waals surface area contributed by atoms with Gasteiger partial charge in [-0.1, -0.05) is 23.7 Å². The molecular weight excluding hydrogens is 365 g/mol. The predicted molar refractivity (Wildman–Crippen MR) is 104 cm³/mol. The van der Waals surface area contributed by atoms with Gasteiger partial charge in [0.25, 0.3) is 0 Å². The minimum atomic E-state index is -0.879. The van der Waals surface area contributed by atoms with Crippen molar-refractivity contribution in [2.45, 2.75) is 31.3 Å². The molecule has 0 atom stereocenters. The second-order valence-electron chi connectivity index (χ2n) is 7.46. The topological polar surface area (TPSA) is 37.3 Å². The third-order valence-electron chi connectivity index (χ3n) is 5.50. The number of piperidine rings is 1. The predicted octanol–water partition coefficient (Wildman–Crippen LogP) is 4.61. The average Bonchev–Trinajstić information content (AvgIpc) is 2.65. The van der Waals surface area contributed by atoms with Gasteiger partial charge in [-0.25, -0.2) is 4.39 Å². The lowest BCUT2D eigenvalue weighted by Gasteiger charge is -2.43. The van der Waals surface area contributed by atoms with Gasteiger partial charge < -0.3 is 9.59 Å². The van der Waals surface area contributed by atoms with Crippen molar-refractivity contribution >= 4 is 17.4 Å². The van der Waals surface area contributed by atoms with Crippen molar-refractivity contribution in [1.29, 1.82) is 0 Å². The summed E-state index contributed by atoms with van der Waals surface area (Å²) in [7, 11) is 6.47. The van der Waals surface area contributed by atoms with Gasteiger partial charge in [0.2, 0.25) is 7.05 Å². The fourth-order valence-electron chi connectivity index (χ4n) is 3.66. The Labute approximate surface area is 165 Å². The molecule has 1 N–H and O–H groups in total. The summed E-state index contributed by atoms with van der Waals surface area (Å²) in [5.74, 6) is -0.351. The number of halogens is 2. The van der Waals surface area contributed by atoms with Crippen LogP contribution in [0.25, 0.3) is 0 Å². The van der Waals surface area contributed by atoms with Crippen LogP contribution in [0.15, 0.2) is 48.5 Å². The number of quaternary nitrogens is 1. The molecule has 0 aliphatic carbocycles. The summed E-state index contributed by atoms with van der Waals surface area (Å²) in [6.07, 6.45) is 2.17. The van der Waals surface area contributed by atoms with Crippen molar-refractivity contribution < 1.29 is 18.8 Å². The molecule has 0 saturated carbocycles. The number of carbonyl (C=O) groups is 1. The van der Waals surface area contributed by atoms with Crippen LogP contribution in [0.2, 0.25) is 5.02 Å². The van der Waals surface area contributed by atoms with Gasteiger partial charge in [0.1, 0.15) is 11.4 Å². The minimum Gasteiger partial charge on any atom is -0.385 e. The van der Waals surface area contributed by atoms with Gasteiger partial charge >= 0.3 is 0 Å². The monoisotopic (exact) mass is 388 g/mol. The highest BCUT2D eigenvalue weighted by molar-refractivity contribution is 6.30. The Bertz CT molecular complexity index is 781. The fourth-order valence-corrected chi connectivity index (χ4v) is 3.79. The van der Waals surface area contributed by atoms with Crippen LogP contribution in [0.5, 0.6) is 0 Å². The van der Waals surface area contributed by atoms with Crippen LogP contribution >= 0.6 is 11.6 Å². The quantitative estimate of drug-likeness (QED) is 0.579. The summed E-state index contributed by atoms with van der Waals surface area (Å²) in [6.45, 7) is 1.96. The zero-order valence-electron chi connectivity index (χ0n) is 15.2. The Morgan fingerprint density at radius 2 is 1.70 bits per heavy atom. The normalized spacial score (nSPS) is 25.3. The molecule has 1 aliphatic rings. The van der Waals surface area contributed by atoms with Crippen LogP contribution in [0.4, 0.5) is 4.39 Å². The molecule has 27 heavy (non-hydrogen) atoms. The summed E-state index contributed by atoms with van der Waals surface area (Å²) in [6, 6.07) is 12.9. The van der Waals surface area contributed by atoms with E-state index in [9.17, 15) is 14.3 Å². The second-order valence-corrected chi connectivity index (χ2v) is 7.90. The van der Waals surface area contributed by atoms with Gasteiger partial charge in [0.15, 0.2) is 5.78 Å². The molecule has 1 fully saturated rings. The van der Waals surface area contributed by atoms with Crippen LogP contribution in [-0.2, 0) is 5.60 Å². The lowest BCUT2D eigenvalue weighted by atomic mass is 9.83. The van der Waals surface area contributed by atoms with Gasteiger partial charge in [-0.3, -0.25) is 4.79 Å². The van der Waals surface area contributed by atoms with E-state index in [-0.39, 0.29) is 11.6 Å². The van der Waals surface area contributed by atoms with E-state index in [1.807, 2.05) is 12.1 Å². The fraction of sp³-hybridized carbons (Fsp3) is 0.364. The van der Waals surface area contributed by atoms with E-state index in [1.54, 1.807) is 12.1 Å². The Balaban J connectivity index is 1.51. The lowest BCUT2D eigenvalue weighted by molar-refractivity contribution is -0.893. The molecule has 1 aliphatic heterocycles. The molecule has 3 nitrogen and oxygen atoms in total. The van der Waals surface area contributed by atoms with Crippen LogP contribution in [-0.4, -0.2) is 35.0 Å². The molecule has 2 radical (unpaired) electrons. The summed E-state index contributed by atoms with van der Waals surface area (Å²) in [4.78, 5) is 12.2. The number of Topliss-reactive ketones (excluding diaryl/α,β-unsaturated/α-hetero) is 1. The van der Waals surface area contributed by atoms with E-state index in [2.05, 4.69) is 0 Å². The van der Waals surface area contributed by atoms with Crippen molar-refractivity contribution in [3.63, 3.8) is 0 Å². The summed E-state index contributed by atoms with van der Waals surface area (Å²) in [5.41, 5.74) is 0.510. The van der Waals surface area contributed by atoms with Crippen molar-refractivity contribution in [2.75, 3.05) is 19.6 Å². The largest absolute Gasteiger partial charge is 0.385 e. The van der Waals surface area contributed by atoms with Crippen LogP contribution < -0.4 is 0 Å². The van der Waals surface area contributed by atoms with E-state index in [4.69, 9.17) is 18.6 Å². The molecule has 0 unspecified atom stereocenters. The van der Waals surface area contributed by atoms with E-state index < -0.39 is 5.60 Å². The molecule has 3 rings (SSSR count). The molecule has 2 aromatic carbocycles. The van der Waals surface area contributed by atoms with Gasteiger partial charge in [-0.2, -0.15) is 0 Å². The third-order valence-corrected chi connectivity index (χ3v) is 5.75. The number of carbonyl (C=O) groups excluding carboxylic acids is 1. The number of benzene rings is 2. The first kappa shape index (κ1) is 20.0. The first-order chi connectivity index (χ1) is 12.8. The van der Waals surface area contributed by atoms with Crippen LogP contribution in [0.3, 0.4) is 0 Å². The first-order valence-electron chi connectivity index (χ1n) is 9.22. The van der Waals surface area contributed by atoms with E-state index in [0.717, 1.165) is 5.56 Å². The summed E-state index contributed by atoms with van der Waals surface area (Å²) < 4.78 is 13.3. The van der Waals surface area contributed by atoms with Crippen LogP contribution in [0, 0.1) is 12.9 Å². The molecule has 2 aromatic rings. The average molecular weight is 389 g/mol. The maximum absolute atomic E-state index is 12.9. The van der Waals surface area contributed by atoms with Gasteiger partial charge in [0.05, 0.1) is 19.6 Å². The molecule has 1 saturated heterocycles. The Morgan fingerprint density at radius 3 is 2.30 bits per heavy atom. The first-order valence-corrected chi connectivity index (χ1v) is 9.59. The number of nitrogens with zero attached hydrogens (tertiary/aromatic N) is 1. The van der Waals surface area contributed by atoms with Gasteiger partial charge in [-0.15, -0.1) is 0 Å². The lowest BCUT2D eigenvalue weighted by Crippen LogP contribution is -2.53. The van der Waals surface area contributed by atoms with Crippen LogP contribution in [0.1, 0.15) is 41.6 Å². The smallest absolute Gasteiger partial charge is 0.206 e. The number of aliphatic hydroxyl groups is 1.